The number of halogens is 1. The fourth-order valence-corrected chi connectivity index (χ4v) is 1.58. The average Bonchev–Trinajstić information content (AvgIpc) is 2.20. The summed E-state index contributed by atoms with van der Waals surface area (Å²) in [5.41, 5.74) is 2.34. The first-order valence-corrected chi connectivity index (χ1v) is 6.23. The fourth-order valence-electron chi connectivity index (χ4n) is 1.01. The molecule has 0 spiro atoms. The summed E-state index contributed by atoms with van der Waals surface area (Å²) in [4.78, 5) is 4.07. The number of hydrogen-bond donors (Lipinski definition) is 2. The molecule has 1 heterocycles. The Morgan fingerprint density at radius 3 is 2.57 bits per heavy atom. The lowest BCUT2D eigenvalue weighted by Gasteiger charge is -2.09. The van der Waals surface area contributed by atoms with Gasteiger partial charge in [-0.25, -0.2) is 0 Å². The van der Waals surface area contributed by atoms with Gasteiger partial charge in [-0.15, -0.1) is 0 Å². The minimum atomic E-state index is 1.00. The van der Waals surface area contributed by atoms with Gasteiger partial charge in [0.2, 0.25) is 0 Å². The summed E-state index contributed by atoms with van der Waals surface area (Å²) in [5.74, 6) is 0. The molecule has 0 radical (unpaired) electrons. The van der Waals surface area contributed by atoms with Gasteiger partial charge < -0.3 is 5.32 Å². The Morgan fingerprint density at radius 1 is 1.43 bits per heavy atom. The van der Waals surface area contributed by atoms with Crippen LogP contribution in [0.25, 0.3) is 0 Å². The summed E-state index contributed by atoms with van der Waals surface area (Å²) >= 11 is 6.98. The van der Waals surface area contributed by atoms with Crippen molar-refractivity contribution in [3.05, 3.63) is 22.4 Å². The van der Waals surface area contributed by atoms with Gasteiger partial charge in [-0.1, -0.05) is 6.92 Å². The molecule has 0 saturated heterocycles. The van der Waals surface area contributed by atoms with Crippen LogP contribution in [-0.2, 0) is 0 Å². The zero-order chi connectivity index (χ0) is 11.0. The molecule has 1 rings (SSSR count). The second-order valence-electron chi connectivity index (χ2n) is 2.74. The molecule has 0 amide bonds. The molecule has 0 aromatic carbocycles. The van der Waals surface area contributed by atoms with Gasteiger partial charge in [0.25, 0.3) is 0 Å². The van der Waals surface area contributed by atoms with Gasteiger partial charge in [-0.3, -0.25) is 4.98 Å². The Balaban J connectivity index is 0.000000791. The number of nitrogens with one attached hydrogen (secondary N) is 1. The molecule has 0 saturated carbocycles. The van der Waals surface area contributed by atoms with Crippen molar-refractivity contribution < 1.29 is 0 Å². The van der Waals surface area contributed by atoms with E-state index in [1.165, 1.54) is 5.56 Å². The molecule has 0 aliphatic rings. The Labute approximate surface area is 100 Å². The predicted molar refractivity (Wildman–Crippen MR) is 70.4 cm³/mol. The second-order valence-corrected chi connectivity index (χ2v) is 3.59. The van der Waals surface area contributed by atoms with Crippen molar-refractivity contribution >= 4 is 34.2 Å². The maximum Gasteiger partial charge on any atom is 0.0592 e. The van der Waals surface area contributed by atoms with Crippen LogP contribution in [-0.4, -0.2) is 17.8 Å². The lowest BCUT2D eigenvalue weighted by molar-refractivity contribution is 0.974. The molecule has 1 aromatic heterocycles. The van der Waals surface area contributed by atoms with E-state index < -0.39 is 0 Å². The number of aryl methyl sites for hydroxylation is 1. The first-order chi connectivity index (χ1) is 6.75. The van der Waals surface area contributed by atoms with E-state index in [1.54, 1.807) is 6.26 Å². The molecule has 0 fully saturated rings. The average molecular weight is 277 g/mol. The van der Waals surface area contributed by atoms with E-state index in [1.807, 2.05) is 12.4 Å². The van der Waals surface area contributed by atoms with Crippen LogP contribution >= 0.6 is 28.6 Å². The number of pyridine rings is 1. The maximum atomic E-state index is 4.07. The normalized spacial score (nSPS) is 8.93. The SMILES string of the molecule is CCCNc1c(C)cncc1Br.CS. The minimum absolute atomic E-state index is 1.00. The Hall–Kier alpha value is -0.220. The third kappa shape index (κ3) is 4.33. The summed E-state index contributed by atoms with van der Waals surface area (Å²) < 4.78 is 1.04. The number of thiol groups is 1. The van der Waals surface area contributed by atoms with Gasteiger partial charge in [-0.2, -0.15) is 12.6 Å². The van der Waals surface area contributed by atoms with Crippen molar-refractivity contribution in [1.29, 1.82) is 0 Å². The number of nitrogens with zero attached hydrogens (tertiary/aromatic N) is 1. The quantitative estimate of drug-likeness (QED) is 0.826. The minimum Gasteiger partial charge on any atom is -0.384 e. The number of aromatic nitrogens is 1. The third-order valence-electron chi connectivity index (χ3n) is 1.64. The highest BCUT2D eigenvalue weighted by Gasteiger charge is 2.01. The molecule has 80 valence electrons. The van der Waals surface area contributed by atoms with Crippen LogP contribution < -0.4 is 5.32 Å². The highest BCUT2D eigenvalue weighted by Crippen LogP contribution is 2.24. The van der Waals surface area contributed by atoms with E-state index in [9.17, 15) is 0 Å². The standard InChI is InChI=1S/C9H13BrN2.CH4S/c1-3-4-12-9-7(2)5-11-6-8(9)10;1-2/h5-6H,3-4H2,1-2H3,(H,11,12);2H,1H3. The van der Waals surface area contributed by atoms with E-state index in [0.717, 1.165) is 23.1 Å². The highest BCUT2D eigenvalue weighted by atomic mass is 79.9. The van der Waals surface area contributed by atoms with Gasteiger partial charge in [0.15, 0.2) is 0 Å². The summed E-state index contributed by atoms with van der Waals surface area (Å²) in [5, 5.41) is 3.34. The first kappa shape index (κ1) is 13.8. The zero-order valence-electron chi connectivity index (χ0n) is 8.84. The van der Waals surface area contributed by atoms with Crippen LogP contribution in [0, 0.1) is 6.92 Å². The molecule has 1 aromatic rings. The monoisotopic (exact) mass is 276 g/mol. The van der Waals surface area contributed by atoms with E-state index in [2.05, 4.69) is 52.7 Å². The van der Waals surface area contributed by atoms with Crippen LogP contribution in [0.5, 0.6) is 0 Å². The Bertz CT molecular complexity index is 246. The zero-order valence-corrected chi connectivity index (χ0v) is 11.3. The Morgan fingerprint density at radius 2 is 2.07 bits per heavy atom. The van der Waals surface area contributed by atoms with Gasteiger partial charge >= 0.3 is 0 Å². The van der Waals surface area contributed by atoms with Gasteiger partial charge in [0, 0.05) is 18.9 Å². The summed E-state index contributed by atoms with van der Waals surface area (Å²) in [6.45, 7) is 5.20. The van der Waals surface area contributed by atoms with Crippen LogP contribution in [0.4, 0.5) is 5.69 Å². The molecule has 2 nitrogen and oxygen atoms in total. The fraction of sp³-hybridized carbons (Fsp3) is 0.500. The molecule has 0 atom stereocenters. The molecule has 1 N–H and O–H groups in total. The highest BCUT2D eigenvalue weighted by molar-refractivity contribution is 9.10. The number of rotatable bonds is 3. The third-order valence-corrected chi connectivity index (χ3v) is 2.24. The van der Waals surface area contributed by atoms with E-state index in [-0.39, 0.29) is 0 Å². The summed E-state index contributed by atoms with van der Waals surface area (Å²) in [6, 6.07) is 0. The van der Waals surface area contributed by atoms with E-state index >= 15 is 0 Å². The van der Waals surface area contributed by atoms with E-state index in [4.69, 9.17) is 0 Å². The lowest BCUT2D eigenvalue weighted by atomic mass is 10.2. The van der Waals surface area contributed by atoms with E-state index in [0.29, 0.717) is 0 Å². The molecule has 14 heavy (non-hydrogen) atoms. The van der Waals surface area contributed by atoms with Crippen LogP contribution in [0.2, 0.25) is 0 Å². The molecule has 0 aliphatic heterocycles. The van der Waals surface area contributed by atoms with Gasteiger partial charge in [-0.05, 0) is 41.1 Å². The maximum absolute atomic E-state index is 4.07. The van der Waals surface area contributed by atoms with Crippen LogP contribution in [0.15, 0.2) is 16.9 Å². The molecule has 0 aliphatic carbocycles. The first-order valence-electron chi connectivity index (χ1n) is 4.54. The largest absolute Gasteiger partial charge is 0.384 e. The Kier molecular flexibility index (Phi) is 7.99. The summed E-state index contributed by atoms with van der Waals surface area (Å²) in [7, 11) is 0. The molecule has 0 unspecified atom stereocenters. The summed E-state index contributed by atoms with van der Waals surface area (Å²) in [6.07, 6.45) is 6.50. The molecule has 0 bridgehead atoms. The van der Waals surface area contributed by atoms with Crippen molar-refractivity contribution in [1.82, 2.24) is 4.98 Å². The van der Waals surface area contributed by atoms with Crippen LogP contribution in [0.1, 0.15) is 18.9 Å². The van der Waals surface area contributed by atoms with Gasteiger partial charge in [0.05, 0.1) is 10.2 Å². The second kappa shape index (κ2) is 8.12. The van der Waals surface area contributed by atoms with Gasteiger partial charge in [0.1, 0.15) is 0 Å². The molecular weight excluding hydrogens is 260 g/mol. The molecule has 4 heteroatoms. The van der Waals surface area contributed by atoms with Crippen molar-refractivity contribution in [2.24, 2.45) is 0 Å². The van der Waals surface area contributed by atoms with Crippen molar-refractivity contribution in [2.75, 3.05) is 18.1 Å². The number of anilines is 1. The van der Waals surface area contributed by atoms with Crippen molar-refractivity contribution in [3.63, 3.8) is 0 Å². The topological polar surface area (TPSA) is 24.9 Å². The molecular formula is C10H17BrN2S. The smallest absolute Gasteiger partial charge is 0.0592 e. The predicted octanol–water partition coefficient (Wildman–Crippen LogP) is 3.52. The number of hydrogen-bond acceptors (Lipinski definition) is 3. The van der Waals surface area contributed by atoms with Crippen LogP contribution in [0.3, 0.4) is 0 Å². The van der Waals surface area contributed by atoms with Crippen molar-refractivity contribution in [2.45, 2.75) is 20.3 Å². The van der Waals surface area contributed by atoms with Crippen molar-refractivity contribution in [3.8, 4) is 0 Å². The lowest BCUT2D eigenvalue weighted by Crippen LogP contribution is -2.02.